The lowest BCUT2D eigenvalue weighted by Gasteiger charge is -2.09. The van der Waals surface area contributed by atoms with Gasteiger partial charge in [-0.3, -0.25) is 0 Å². The van der Waals surface area contributed by atoms with E-state index in [-0.39, 0.29) is 6.10 Å². The van der Waals surface area contributed by atoms with Crippen LogP contribution in [-0.4, -0.2) is 18.3 Å². The first-order valence-electron chi connectivity index (χ1n) is 5.58. The molecule has 1 atom stereocenters. The molecular formula is C13H20O2. The third-order valence-electron chi connectivity index (χ3n) is 2.65. The molecule has 0 saturated carbocycles. The van der Waals surface area contributed by atoms with Crippen molar-refractivity contribution in [2.24, 2.45) is 0 Å². The number of aryl methyl sites for hydroxylation is 1. The van der Waals surface area contributed by atoms with Crippen molar-refractivity contribution in [2.75, 3.05) is 7.11 Å². The minimum Gasteiger partial charge on any atom is -0.496 e. The standard InChI is InChI=1S/C13H20O2/c1-3-12(14)9-6-8-11-7-4-5-10-13(11)15-2/h4-5,7,10,12,14H,3,6,8-9H2,1-2H3. The molecule has 0 aromatic heterocycles. The monoisotopic (exact) mass is 208 g/mol. The second-order valence-corrected chi connectivity index (χ2v) is 3.77. The number of benzene rings is 1. The number of aliphatic hydroxyl groups is 1. The van der Waals surface area contributed by atoms with Gasteiger partial charge in [-0.1, -0.05) is 25.1 Å². The van der Waals surface area contributed by atoms with Gasteiger partial charge >= 0.3 is 0 Å². The molecule has 1 aromatic rings. The number of hydrogen-bond acceptors (Lipinski definition) is 2. The Kier molecular flexibility index (Phi) is 5.19. The van der Waals surface area contributed by atoms with Crippen LogP contribution in [0.4, 0.5) is 0 Å². The SMILES string of the molecule is CCC(O)CCCc1ccccc1OC. The Morgan fingerprint density at radius 3 is 2.73 bits per heavy atom. The van der Waals surface area contributed by atoms with Crippen LogP contribution in [0.15, 0.2) is 24.3 Å². The van der Waals surface area contributed by atoms with Crippen molar-refractivity contribution in [3.8, 4) is 5.75 Å². The van der Waals surface area contributed by atoms with Crippen molar-refractivity contribution in [3.63, 3.8) is 0 Å². The van der Waals surface area contributed by atoms with Crippen LogP contribution in [0.25, 0.3) is 0 Å². The Morgan fingerprint density at radius 2 is 2.07 bits per heavy atom. The van der Waals surface area contributed by atoms with E-state index < -0.39 is 0 Å². The van der Waals surface area contributed by atoms with Crippen molar-refractivity contribution < 1.29 is 9.84 Å². The number of methoxy groups -OCH3 is 1. The lowest BCUT2D eigenvalue weighted by Crippen LogP contribution is -2.04. The van der Waals surface area contributed by atoms with Crippen LogP contribution in [-0.2, 0) is 6.42 Å². The number of aliphatic hydroxyl groups excluding tert-OH is 1. The highest BCUT2D eigenvalue weighted by molar-refractivity contribution is 5.33. The van der Waals surface area contributed by atoms with Crippen LogP contribution in [0.3, 0.4) is 0 Å². The molecule has 0 aliphatic rings. The van der Waals surface area contributed by atoms with E-state index in [2.05, 4.69) is 6.07 Å². The van der Waals surface area contributed by atoms with Gasteiger partial charge in [-0.15, -0.1) is 0 Å². The van der Waals surface area contributed by atoms with Gasteiger partial charge < -0.3 is 9.84 Å². The van der Waals surface area contributed by atoms with Gasteiger partial charge in [0.1, 0.15) is 5.75 Å². The van der Waals surface area contributed by atoms with Gasteiger partial charge in [-0.2, -0.15) is 0 Å². The molecule has 0 heterocycles. The van der Waals surface area contributed by atoms with Gasteiger partial charge in [0.2, 0.25) is 0 Å². The molecule has 1 aromatic carbocycles. The van der Waals surface area contributed by atoms with E-state index >= 15 is 0 Å². The van der Waals surface area contributed by atoms with Crippen LogP contribution >= 0.6 is 0 Å². The summed E-state index contributed by atoms with van der Waals surface area (Å²) in [7, 11) is 1.69. The molecule has 2 nitrogen and oxygen atoms in total. The van der Waals surface area contributed by atoms with Gasteiger partial charge in [-0.25, -0.2) is 0 Å². The molecule has 0 saturated heterocycles. The van der Waals surface area contributed by atoms with Gasteiger partial charge in [0.25, 0.3) is 0 Å². The van der Waals surface area contributed by atoms with E-state index in [1.165, 1.54) is 5.56 Å². The number of para-hydroxylation sites is 1. The second-order valence-electron chi connectivity index (χ2n) is 3.77. The fraction of sp³-hybridized carbons (Fsp3) is 0.538. The highest BCUT2D eigenvalue weighted by Gasteiger charge is 2.04. The third kappa shape index (κ3) is 3.92. The maximum absolute atomic E-state index is 9.43. The normalized spacial score (nSPS) is 12.5. The van der Waals surface area contributed by atoms with Crippen LogP contribution < -0.4 is 4.74 Å². The molecule has 0 spiro atoms. The predicted molar refractivity (Wildman–Crippen MR) is 62.2 cm³/mol. The lowest BCUT2D eigenvalue weighted by molar-refractivity contribution is 0.157. The predicted octanol–water partition coefficient (Wildman–Crippen LogP) is 2.79. The van der Waals surface area contributed by atoms with Crippen LogP contribution in [0, 0.1) is 0 Å². The minimum absolute atomic E-state index is 0.153. The molecular weight excluding hydrogens is 188 g/mol. The van der Waals surface area contributed by atoms with Crippen molar-refractivity contribution in [1.29, 1.82) is 0 Å². The average Bonchev–Trinajstić information content (AvgIpc) is 2.29. The summed E-state index contributed by atoms with van der Waals surface area (Å²) in [4.78, 5) is 0. The quantitative estimate of drug-likeness (QED) is 0.779. The van der Waals surface area contributed by atoms with E-state index in [1.807, 2.05) is 25.1 Å². The molecule has 1 N–H and O–H groups in total. The summed E-state index contributed by atoms with van der Waals surface area (Å²) in [5.74, 6) is 0.948. The summed E-state index contributed by atoms with van der Waals surface area (Å²) < 4.78 is 5.27. The lowest BCUT2D eigenvalue weighted by atomic mass is 10.0. The summed E-state index contributed by atoms with van der Waals surface area (Å²) in [6, 6.07) is 8.06. The zero-order valence-corrected chi connectivity index (χ0v) is 9.57. The highest BCUT2D eigenvalue weighted by Crippen LogP contribution is 2.19. The Labute approximate surface area is 91.9 Å². The van der Waals surface area contributed by atoms with Gasteiger partial charge in [0.05, 0.1) is 13.2 Å². The van der Waals surface area contributed by atoms with Gasteiger partial charge in [0, 0.05) is 0 Å². The van der Waals surface area contributed by atoms with E-state index in [1.54, 1.807) is 7.11 Å². The van der Waals surface area contributed by atoms with Gasteiger partial charge in [-0.05, 0) is 37.3 Å². The first-order valence-corrected chi connectivity index (χ1v) is 5.58. The molecule has 1 unspecified atom stereocenters. The zero-order valence-electron chi connectivity index (χ0n) is 9.57. The van der Waals surface area contributed by atoms with Gasteiger partial charge in [0.15, 0.2) is 0 Å². The van der Waals surface area contributed by atoms with Crippen molar-refractivity contribution >= 4 is 0 Å². The van der Waals surface area contributed by atoms with Crippen LogP contribution in [0.1, 0.15) is 31.7 Å². The first kappa shape index (κ1) is 12.1. The minimum atomic E-state index is -0.153. The molecule has 0 bridgehead atoms. The van der Waals surface area contributed by atoms with E-state index in [4.69, 9.17) is 4.74 Å². The molecule has 0 amide bonds. The average molecular weight is 208 g/mol. The number of ether oxygens (including phenoxy) is 1. The highest BCUT2D eigenvalue weighted by atomic mass is 16.5. The summed E-state index contributed by atoms with van der Waals surface area (Å²) in [6.45, 7) is 2.01. The molecule has 2 heteroatoms. The van der Waals surface area contributed by atoms with Crippen LogP contribution in [0.5, 0.6) is 5.75 Å². The zero-order chi connectivity index (χ0) is 11.1. The van der Waals surface area contributed by atoms with E-state index in [0.717, 1.165) is 31.4 Å². The molecule has 1 rings (SSSR count). The fourth-order valence-electron chi connectivity index (χ4n) is 1.64. The Morgan fingerprint density at radius 1 is 1.33 bits per heavy atom. The summed E-state index contributed by atoms with van der Waals surface area (Å²) in [5.41, 5.74) is 1.23. The fourth-order valence-corrected chi connectivity index (χ4v) is 1.64. The van der Waals surface area contributed by atoms with Crippen molar-refractivity contribution in [2.45, 2.75) is 38.7 Å². The number of hydrogen-bond donors (Lipinski definition) is 1. The van der Waals surface area contributed by atoms with Crippen LogP contribution in [0.2, 0.25) is 0 Å². The molecule has 0 fully saturated rings. The maximum Gasteiger partial charge on any atom is 0.122 e. The Hall–Kier alpha value is -1.02. The molecule has 84 valence electrons. The maximum atomic E-state index is 9.43. The number of rotatable bonds is 6. The molecule has 0 radical (unpaired) electrons. The summed E-state index contributed by atoms with van der Waals surface area (Å²) in [5, 5.41) is 9.43. The molecule has 15 heavy (non-hydrogen) atoms. The Balaban J connectivity index is 2.43. The topological polar surface area (TPSA) is 29.5 Å². The second kappa shape index (κ2) is 6.46. The molecule has 0 aliphatic heterocycles. The molecule has 0 aliphatic carbocycles. The Bertz CT molecular complexity index is 284. The third-order valence-corrected chi connectivity index (χ3v) is 2.65. The smallest absolute Gasteiger partial charge is 0.122 e. The van der Waals surface area contributed by atoms with E-state index in [0.29, 0.717) is 0 Å². The first-order chi connectivity index (χ1) is 7.27. The summed E-state index contributed by atoms with van der Waals surface area (Å²) in [6.07, 6.45) is 3.54. The van der Waals surface area contributed by atoms with E-state index in [9.17, 15) is 5.11 Å². The van der Waals surface area contributed by atoms with Crippen molar-refractivity contribution in [3.05, 3.63) is 29.8 Å². The largest absolute Gasteiger partial charge is 0.496 e. The van der Waals surface area contributed by atoms with Crippen molar-refractivity contribution in [1.82, 2.24) is 0 Å². The summed E-state index contributed by atoms with van der Waals surface area (Å²) >= 11 is 0.